The molecule has 0 N–H and O–H groups in total. The lowest BCUT2D eigenvalue weighted by Crippen LogP contribution is -2.22. The molecule has 6 heteroatoms. The van der Waals surface area contributed by atoms with Crippen molar-refractivity contribution in [3.05, 3.63) is 36.0 Å². The molecular formula is C13H13ClN2O3. The van der Waals surface area contributed by atoms with E-state index in [9.17, 15) is 0 Å². The number of alkyl halides is 1. The number of nitrogens with zero attached hydrogens (tertiary/aromatic N) is 2. The van der Waals surface area contributed by atoms with Crippen molar-refractivity contribution in [1.29, 1.82) is 0 Å². The van der Waals surface area contributed by atoms with Crippen LogP contribution in [-0.2, 0) is 6.42 Å². The number of ether oxygens (including phenoxy) is 2. The van der Waals surface area contributed by atoms with Crippen LogP contribution in [0.25, 0.3) is 0 Å². The van der Waals surface area contributed by atoms with E-state index in [2.05, 4.69) is 10.1 Å². The SMILES string of the molecule is ClCCCc1nc(C2COc3ccccc3O2)no1. The van der Waals surface area contributed by atoms with Crippen molar-refractivity contribution in [3.8, 4) is 11.5 Å². The zero-order valence-electron chi connectivity index (χ0n) is 10.2. The zero-order chi connectivity index (χ0) is 13.1. The maximum absolute atomic E-state index is 5.80. The number of hydrogen-bond donors (Lipinski definition) is 0. The Labute approximate surface area is 115 Å². The predicted molar refractivity (Wildman–Crippen MR) is 68.6 cm³/mol. The van der Waals surface area contributed by atoms with Gasteiger partial charge in [0, 0.05) is 12.3 Å². The molecule has 0 aliphatic carbocycles. The lowest BCUT2D eigenvalue weighted by atomic mass is 10.2. The lowest BCUT2D eigenvalue weighted by molar-refractivity contribution is 0.0832. The molecule has 0 bridgehead atoms. The van der Waals surface area contributed by atoms with Gasteiger partial charge in [-0.2, -0.15) is 4.98 Å². The third-order valence-corrected chi connectivity index (χ3v) is 3.07. The summed E-state index contributed by atoms with van der Waals surface area (Å²) in [6.45, 7) is 0.380. The van der Waals surface area contributed by atoms with Crippen LogP contribution in [0.3, 0.4) is 0 Å². The van der Waals surface area contributed by atoms with E-state index < -0.39 is 0 Å². The number of halogens is 1. The number of hydrogen-bond acceptors (Lipinski definition) is 5. The summed E-state index contributed by atoms with van der Waals surface area (Å²) >= 11 is 5.63. The molecule has 1 aliphatic heterocycles. The van der Waals surface area contributed by atoms with E-state index in [0.29, 0.717) is 36.4 Å². The molecule has 0 amide bonds. The molecule has 0 saturated carbocycles. The Morgan fingerprint density at radius 3 is 2.95 bits per heavy atom. The molecule has 1 aromatic heterocycles. The third-order valence-electron chi connectivity index (χ3n) is 2.80. The van der Waals surface area contributed by atoms with Gasteiger partial charge in [0.2, 0.25) is 11.7 Å². The molecule has 0 fully saturated rings. The first kappa shape index (κ1) is 12.3. The van der Waals surface area contributed by atoms with E-state index in [1.165, 1.54) is 0 Å². The van der Waals surface area contributed by atoms with Crippen LogP contribution in [0.1, 0.15) is 24.2 Å². The largest absolute Gasteiger partial charge is 0.485 e. The highest BCUT2D eigenvalue weighted by atomic mass is 35.5. The molecule has 1 unspecified atom stereocenters. The van der Waals surface area contributed by atoms with Crippen molar-refractivity contribution in [1.82, 2.24) is 10.1 Å². The number of rotatable bonds is 4. The topological polar surface area (TPSA) is 57.4 Å². The van der Waals surface area contributed by atoms with E-state index in [1.54, 1.807) is 0 Å². The minimum absolute atomic E-state index is 0.330. The molecule has 19 heavy (non-hydrogen) atoms. The Hall–Kier alpha value is -1.75. The summed E-state index contributed by atoms with van der Waals surface area (Å²) in [5.41, 5.74) is 0. The third kappa shape index (κ3) is 2.66. The van der Waals surface area contributed by atoms with Crippen LogP contribution in [0.5, 0.6) is 11.5 Å². The monoisotopic (exact) mass is 280 g/mol. The van der Waals surface area contributed by atoms with Crippen molar-refractivity contribution in [2.75, 3.05) is 12.5 Å². The van der Waals surface area contributed by atoms with Crippen molar-refractivity contribution in [2.45, 2.75) is 18.9 Å². The summed E-state index contributed by atoms with van der Waals surface area (Å²) in [7, 11) is 0. The molecule has 0 saturated heterocycles. The Morgan fingerprint density at radius 1 is 1.26 bits per heavy atom. The molecule has 5 nitrogen and oxygen atoms in total. The number of fused-ring (bicyclic) bond motifs is 1. The van der Waals surface area contributed by atoms with Crippen molar-refractivity contribution in [3.63, 3.8) is 0 Å². The summed E-state index contributed by atoms with van der Waals surface area (Å²) in [6.07, 6.45) is 1.16. The lowest BCUT2D eigenvalue weighted by Gasteiger charge is -2.24. The van der Waals surface area contributed by atoms with Gasteiger partial charge in [-0.1, -0.05) is 17.3 Å². The number of aryl methyl sites for hydroxylation is 1. The molecule has 2 heterocycles. The first-order valence-electron chi connectivity index (χ1n) is 6.14. The van der Waals surface area contributed by atoms with Crippen LogP contribution in [-0.4, -0.2) is 22.6 Å². The quantitative estimate of drug-likeness (QED) is 0.806. The smallest absolute Gasteiger partial charge is 0.226 e. The Bertz CT molecular complexity index is 558. The summed E-state index contributed by atoms with van der Waals surface area (Å²) < 4.78 is 16.6. The highest BCUT2D eigenvalue weighted by Gasteiger charge is 2.26. The molecule has 2 aromatic rings. The van der Waals surface area contributed by atoms with Gasteiger partial charge in [-0.3, -0.25) is 0 Å². The standard InChI is InChI=1S/C13H13ClN2O3/c14-7-3-6-12-15-13(16-19-12)11-8-17-9-4-1-2-5-10(9)18-11/h1-2,4-5,11H,3,6-8H2. The van der Waals surface area contributed by atoms with E-state index in [-0.39, 0.29) is 6.10 Å². The van der Waals surface area contributed by atoms with E-state index in [1.807, 2.05) is 24.3 Å². The van der Waals surface area contributed by atoms with Gasteiger partial charge in [0.15, 0.2) is 17.6 Å². The van der Waals surface area contributed by atoms with Crippen LogP contribution in [0.2, 0.25) is 0 Å². The van der Waals surface area contributed by atoms with Crippen LogP contribution in [0, 0.1) is 0 Å². The molecule has 3 rings (SSSR count). The normalized spacial score (nSPS) is 17.4. The fraction of sp³-hybridized carbons (Fsp3) is 0.385. The second-order valence-electron chi connectivity index (χ2n) is 4.20. The number of aromatic nitrogens is 2. The van der Waals surface area contributed by atoms with Crippen LogP contribution < -0.4 is 9.47 Å². The van der Waals surface area contributed by atoms with E-state index >= 15 is 0 Å². The number of para-hydroxylation sites is 2. The average Bonchev–Trinajstić information content (AvgIpc) is 2.93. The van der Waals surface area contributed by atoms with Gasteiger partial charge in [-0.05, 0) is 18.6 Å². The first-order valence-corrected chi connectivity index (χ1v) is 6.67. The van der Waals surface area contributed by atoms with Gasteiger partial charge in [0.25, 0.3) is 0 Å². The van der Waals surface area contributed by atoms with Gasteiger partial charge < -0.3 is 14.0 Å². The van der Waals surface area contributed by atoms with Gasteiger partial charge in [0.05, 0.1) is 0 Å². The van der Waals surface area contributed by atoms with Gasteiger partial charge in [-0.15, -0.1) is 11.6 Å². The summed E-state index contributed by atoms with van der Waals surface area (Å²) in [4.78, 5) is 4.30. The molecule has 0 spiro atoms. The second kappa shape index (κ2) is 5.48. The fourth-order valence-corrected chi connectivity index (χ4v) is 2.00. The van der Waals surface area contributed by atoms with Gasteiger partial charge in [-0.25, -0.2) is 0 Å². The van der Waals surface area contributed by atoms with Crippen molar-refractivity contribution >= 4 is 11.6 Å². The highest BCUT2D eigenvalue weighted by Crippen LogP contribution is 2.35. The minimum atomic E-state index is -0.330. The maximum Gasteiger partial charge on any atom is 0.226 e. The Balaban J connectivity index is 1.72. The maximum atomic E-state index is 5.80. The molecule has 1 aromatic carbocycles. The molecule has 100 valence electrons. The summed E-state index contributed by atoms with van der Waals surface area (Å²) in [5.74, 6) is 3.11. The fourth-order valence-electron chi connectivity index (χ4n) is 1.87. The van der Waals surface area contributed by atoms with Gasteiger partial charge >= 0.3 is 0 Å². The van der Waals surface area contributed by atoms with Gasteiger partial charge in [0.1, 0.15) is 6.61 Å². The molecule has 1 atom stereocenters. The van der Waals surface area contributed by atoms with Crippen LogP contribution >= 0.6 is 11.6 Å². The summed E-state index contributed by atoms with van der Waals surface area (Å²) in [6, 6.07) is 7.53. The first-order chi connectivity index (χ1) is 9.36. The molecular weight excluding hydrogens is 268 g/mol. The van der Waals surface area contributed by atoms with Crippen LogP contribution in [0.15, 0.2) is 28.8 Å². The summed E-state index contributed by atoms with van der Waals surface area (Å²) in [5, 5.41) is 3.93. The highest BCUT2D eigenvalue weighted by molar-refractivity contribution is 6.17. The molecule has 0 radical (unpaired) electrons. The van der Waals surface area contributed by atoms with Crippen molar-refractivity contribution < 1.29 is 14.0 Å². The average molecular weight is 281 g/mol. The Morgan fingerprint density at radius 2 is 2.11 bits per heavy atom. The van der Waals surface area contributed by atoms with Crippen LogP contribution in [0.4, 0.5) is 0 Å². The zero-order valence-corrected chi connectivity index (χ0v) is 11.0. The minimum Gasteiger partial charge on any atom is -0.485 e. The second-order valence-corrected chi connectivity index (χ2v) is 4.58. The predicted octanol–water partition coefficient (Wildman–Crippen LogP) is 2.75. The number of benzene rings is 1. The Kier molecular flexibility index (Phi) is 3.55. The van der Waals surface area contributed by atoms with E-state index in [0.717, 1.165) is 12.2 Å². The van der Waals surface area contributed by atoms with Crippen molar-refractivity contribution in [2.24, 2.45) is 0 Å². The van der Waals surface area contributed by atoms with E-state index in [4.69, 9.17) is 25.6 Å². The molecule has 1 aliphatic rings.